The lowest BCUT2D eigenvalue weighted by Crippen LogP contribution is -2.22. The van der Waals surface area contributed by atoms with E-state index >= 15 is 0 Å². The number of rotatable bonds is 5. The normalized spacial score (nSPS) is 18.9. The van der Waals surface area contributed by atoms with Crippen molar-refractivity contribution in [3.8, 4) is 0 Å². The minimum Gasteiger partial charge on any atom is -0.481 e. The van der Waals surface area contributed by atoms with E-state index < -0.39 is 17.8 Å². The number of nitrogens with zero attached hydrogens (tertiary/aromatic N) is 1. The van der Waals surface area contributed by atoms with E-state index in [1.54, 1.807) is 12.1 Å². The van der Waals surface area contributed by atoms with Gasteiger partial charge in [0.15, 0.2) is 0 Å². The Balaban J connectivity index is 1.75. The first-order valence-corrected chi connectivity index (χ1v) is 7.81. The van der Waals surface area contributed by atoms with E-state index in [0.29, 0.717) is 17.1 Å². The Labute approximate surface area is 142 Å². The zero-order valence-corrected chi connectivity index (χ0v) is 13.4. The number of amides is 1. The summed E-state index contributed by atoms with van der Waals surface area (Å²) >= 11 is 6.11. The molecule has 1 aliphatic carbocycles. The van der Waals surface area contributed by atoms with Crippen LogP contribution in [0.1, 0.15) is 12.0 Å². The number of aromatic nitrogens is 1. The second-order valence-corrected chi connectivity index (χ2v) is 6.16. The van der Waals surface area contributed by atoms with Gasteiger partial charge < -0.3 is 15.0 Å². The minimum absolute atomic E-state index is 0.220. The number of carboxylic acid groups (broad SMARTS) is 1. The number of benzene rings is 1. The van der Waals surface area contributed by atoms with E-state index in [4.69, 9.17) is 16.7 Å². The van der Waals surface area contributed by atoms with Crippen molar-refractivity contribution in [1.82, 2.24) is 4.57 Å². The van der Waals surface area contributed by atoms with Crippen LogP contribution in [0.3, 0.4) is 0 Å². The van der Waals surface area contributed by atoms with E-state index in [-0.39, 0.29) is 18.0 Å². The maximum atomic E-state index is 12.0. The van der Waals surface area contributed by atoms with Gasteiger partial charge in [-0.1, -0.05) is 29.8 Å². The number of hydrogen-bond acceptors (Lipinski definition) is 3. The first kappa shape index (κ1) is 16.3. The van der Waals surface area contributed by atoms with Gasteiger partial charge in [0.2, 0.25) is 5.91 Å². The van der Waals surface area contributed by atoms with Crippen molar-refractivity contribution >= 4 is 29.2 Å². The van der Waals surface area contributed by atoms with Crippen LogP contribution in [0.4, 0.5) is 5.69 Å². The van der Waals surface area contributed by atoms with Crippen molar-refractivity contribution in [3.05, 3.63) is 63.5 Å². The van der Waals surface area contributed by atoms with Gasteiger partial charge in [-0.15, -0.1) is 0 Å². The van der Waals surface area contributed by atoms with Crippen LogP contribution in [-0.4, -0.2) is 21.6 Å². The van der Waals surface area contributed by atoms with Crippen molar-refractivity contribution in [1.29, 1.82) is 0 Å². The van der Waals surface area contributed by atoms with Crippen LogP contribution < -0.4 is 10.9 Å². The second-order valence-electron chi connectivity index (χ2n) is 5.75. The second kappa shape index (κ2) is 6.49. The van der Waals surface area contributed by atoms with Gasteiger partial charge in [-0.25, -0.2) is 0 Å². The summed E-state index contributed by atoms with van der Waals surface area (Å²) in [6, 6.07) is 10.1. The number of anilines is 1. The molecule has 0 radical (unpaired) electrons. The van der Waals surface area contributed by atoms with Gasteiger partial charge in [-0.2, -0.15) is 0 Å². The predicted molar refractivity (Wildman–Crippen MR) is 89.1 cm³/mol. The lowest BCUT2D eigenvalue weighted by Gasteiger charge is -2.10. The third-order valence-corrected chi connectivity index (χ3v) is 4.36. The highest BCUT2D eigenvalue weighted by atomic mass is 35.5. The van der Waals surface area contributed by atoms with Crippen LogP contribution in [0.2, 0.25) is 5.02 Å². The monoisotopic (exact) mass is 346 g/mol. The van der Waals surface area contributed by atoms with Gasteiger partial charge in [0.1, 0.15) is 0 Å². The van der Waals surface area contributed by atoms with Gasteiger partial charge >= 0.3 is 5.97 Å². The number of carbonyl (C=O) groups is 2. The summed E-state index contributed by atoms with van der Waals surface area (Å²) in [5, 5.41) is 12.1. The lowest BCUT2D eigenvalue weighted by atomic mass is 10.2. The Hall–Kier alpha value is -2.60. The number of aliphatic carboxylic acids is 1. The molecule has 2 N–H and O–H groups in total. The van der Waals surface area contributed by atoms with Crippen LogP contribution in [0.15, 0.2) is 47.4 Å². The van der Waals surface area contributed by atoms with Crippen molar-refractivity contribution < 1.29 is 14.7 Å². The largest absolute Gasteiger partial charge is 0.481 e. The van der Waals surface area contributed by atoms with Crippen LogP contribution in [0.5, 0.6) is 0 Å². The molecule has 0 saturated heterocycles. The molecular formula is C17H15ClN2O4. The van der Waals surface area contributed by atoms with E-state index in [0.717, 1.165) is 5.56 Å². The summed E-state index contributed by atoms with van der Waals surface area (Å²) < 4.78 is 1.44. The molecule has 0 aliphatic heterocycles. The maximum absolute atomic E-state index is 12.0. The van der Waals surface area contributed by atoms with Gasteiger partial charge in [0, 0.05) is 17.3 Å². The molecule has 7 heteroatoms. The Morgan fingerprint density at radius 3 is 2.62 bits per heavy atom. The Bertz CT molecular complexity index is 862. The average molecular weight is 347 g/mol. The number of pyridine rings is 1. The summed E-state index contributed by atoms with van der Waals surface area (Å²) in [6.07, 6.45) is 1.88. The standard InChI is InChI=1S/C17H15ClN2O4/c18-14-4-2-1-3-10(14)8-20-9-11(5-6-15(20)21)19-16(22)12-7-13(12)17(23)24/h1-6,9,12-13H,7-8H2,(H,19,22)(H,23,24). The summed E-state index contributed by atoms with van der Waals surface area (Å²) in [5.41, 5.74) is 1.02. The van der Waals surface area contributed by atoms with Crippen LogP contribution in [0.25, 0.3) is 0 Å². The Kier molecular flexibility index (Phi) is 4.40. The molecule has 2 atom stereocenters. The van der Waals surface area contributed by atoms with Crippen molar-refractivity contribution in [2.24, 2.45) is 11.8 Å². The molecular weight excluding hydrogens is 332 g/mol. The Morgan fingerprint density at radius 2 is 1.96 bits per heavy atom. The lowest BCUT2D eigenvalue weighted by molar-refractivity contribution is -0.139. The molecule has 24 heavy (non-hydrogen) atoms. The molecule has 124 valence electrons. The smallest absolute Gasteiger partial charge is 0.307 e. The van der Waals surface area contributed by atoms with Gasteiger partial charge in [-0.3, -0.25) is 14.4 Å². The number of nitrogens with one attached hydrogen (secondary N) is 1. The zero-order chi connectivity index (χ0) is 17.3. The molecule has 1 fully saturated rings. The fourth-order valence-corrected chi connectivity index (χ4v) is 2.73. The molecule has 1 amide bonds. The fraction of sp³-hybridized carbons (Fsp3) is 0.235. The molecule has 6 nitrogen and oxygen atoms in total. The molecule has 1 aromatic heterocycles. The average Bonchev–Trinajstić information content (AvgIpc) is 3.33. The highest BCUT2D eigenvalue weighted by molar-refractivity contribution is 6.31. The van der Waals surface area contributed by atoms with E-state index in [9.17, 15) is 14.4 Å². The Morgan fingerprint density at radius 1 is 1.21 bits per heavy atom. The predicted octanol–water partition coefficient (Wildman–Crippen LogP) is 2.21. The molecule has 2 unspecified atom stereocenters. The quantitative estimate of drug-likeness (QED) is 0.868. The number of carboxylic acids is 1. The summed E-state index contributed by atoms with van der Waals surface area (Å²) in [7, 11) is 0. The molecule has 1 aliphatic rings. The van der Waals surface area contributed by atoms with Gasteiger partial charge in [-0.05, 0) is 24.1 Å². The van der Waals surface area contributed by atoms with E-state index in [2.05, 4.69) is 5.32 Å². The molecule has 1 aromatic carbocycles. The third kappa shape index (κ3) is 3.49. The number of carbonyl (C=O) groups excluding carboxylic acids is 1. The number of halogens is 1. The zero-order valence-electron chi connectivity index (χ0n) is 12.6. The first-order chi connectivity index (χ1) is 11.5. The van der Waals surface area contributed by atoms with Gasteiger partial charge in [0.25, 0.3) is 5.56 Å². The highest BCUT2D eigenvalue weighted by Crippen LogP contribution is 2.39. The SMILES string of the molecule is O=C(O)C1CC1C(=O)Nc1ccc(=O)n(Cc2ccccc2Cl)c1. The molecule has 3 rings (SSSR count). The molecule has 0 spiro atoms. The fourth-order valence-electron chi connectivity index (χ4n) is 2.53. The third-order valence-electron chi connectivity index (χ3n) is 3.99. The number of hydrogen-bond donors (Lipinski definition) is 2. The van der Waals surface area contributed by atoms with Crippen molar-refractivity contribution in [3.63, 3.8) is 0 Å². The van der Waals surface area contributed by atoms with Crippen molar-refractivity contribution in [2.75, 3.05) is 5.32 Å². The molecule has 2 aromatic rings. The van der Waals surface area contributed by atoms with Crippen LogP contribution >= 0.6 is 11.6 Å². The van der Waals surface area contributed by atoms with Crippen LogP contribution in [-0.2, 0) is 16.1 Å². The molecule has 1 saturated carbocycles. The maximum Gasteiger partial charge on any atom is 0.307 e. The molecule has 0 bridgehead atoms. The topological polar surface area (TPSA) is 88.4 Å². The van der Waals surface area contributed by atoms with E-state index in [1.807, 2.05) is 12.1 Å². The van der Waals surface area contributed by atoms with Crippen LogP contribution in [0, 0.1) is 11.8 Å². The minimum atomic E-state index is -0.959. The van der Waals surface area contributed by atoms with Gasteiger partial charge in [0.05, 0.1) is 24.1 Å². The molecule has 1 heterocycles. The highest BCUT2D eigenvalue weighted by Gasteiger charge is 2.48. The van der Waals surface area contributed by atoms with Crippen molar-refractivity contribution in [2.45, 2.75) is 13.0 Å². The van der Waals surface area contributed by atoms with E-state index in [1.165, 1.54) is 22.9 Å². The summed E-state index contributed by atoms with van der Waals surface area (Å²) in [6.45, 7) is 0.281. The summed E-state index contributed by atoms with van der Waals surface area (Å²) in [5.74, 6) is -2.42. The first-order valence-electron chi connectivity index (χ1n) is 7.43. The summed E-state index contributed by atoms with van der Waals surface area (Å²) in [4.78, 5) is 34.8.